The topological polar surface area (TPSA) is 189 Å². The van der Waals surface area contributed by atoms with E-state index in [2.05, 4.69) is 21.3 Å². The molecule has 0 aromatic heterocycles. The second-order valence-corrected chi connectivity index (χ2v) is 6.76. The number of carbonyl (C=O) groups excluding carboxylic acids is 4. The van der Waals surface area contributed by atoms with Gasteiger partial charge in [-0.05, 0) is 30.7 Å². The van der Waals surface area contributed by atoms with Gasteiger partial charge < -0.3 is 36.8 Å². The predicted octanol–water partition coefficient (Wildman–Crippen LogP) is -0.698. The van der Waals surface area contributed by atoms with Crippen molar-refractivity contribution in [3.05, 3.63) is 24.3 Å². The first-order valence-corrected chi connectivity index (χ1v) is 9.98. The number of anilines is 1. The lowest BCUT2D eigenvalue weighted by Gasteiger charge is -2.21. The highest BCUT2D eigenvalue weighted by atomic mass is 16.5. The summed E-state index contributed by atoms with van der Waals surface area (Å²) in [6, 6.07) is 6.51. The fourth-order valence-electron chi connectivity index (χ4n) is 2.39. The number of amides is 4. The zero-order valence-electron chi connectivity index (χ0n) is 17.8. The van der Waals surface area contributed by atoms with Crippen LogP contribution < -0.4 is 31.7 Å². The van der Waals surface area contributed by atoms with Crippen LogP contribution in [0.3, 0.4) is 0 Å². The van der Waals surface area contributed by atoms with Gasteiger partial charge in [0.05, 0.1) is 6.61 Å². The van der Waals surface area contributed by atoms with Gasteiger partial charge in [0.1, 0.15) is 5.75 Å². The Bertz CT molecular complexity index is 798. The van der Waals surface area contributed by atoms with Gasteiger partial charge in [-0.2, -0.15) is 0 Å². The Hall–Kier alpha value is -3.83. The Morgan fingerprint density at radius 3 is 2.25 bits per heavy atom. The number of rotatable bonds is 15. The Kier molecular flexibility index (Phi) is 11.6. The molecule has 1 rings (SSSR count). The van der Waals surface area contributed by atoms with Gasteiger partial charge in [0.15, 0.2) is 6.17 Å². The fourth-order valence-corrected chi connectivity index (χ4v) is 2.39. The maximum atomic E-state index is 12.5. The van der Waals surface area contributed by atoms with E-state index in [0.29, 0.717) is 17.9 Å². The van der Waals surface area contributed by atoms with Crippen LogP contribution in [-0.4, -0.2) is 60.6 Å². The van der Waals surface area contributed by atoms with Crippen LogP contribution in [0.2, 0.25) is 0 Å². The summed E-state index contributed by atoms with van der Waals surface area (Å²) in [7, 11) is 0. The molecule has 0 heterocycles. The van der Waals surface area contributed by atoms with Gasteiger partial charge in [-0.3, -0.25) is 24.0 Å². The second kappa shape index (κ2) is 14.2. The fraction of sp³-hybridized carbons (Fsp3) is 0.450. The first-order chi connectivity index (χ1) is 15.2. The summed E-state index contributed by atoms with van der Waals surface area (Å²) in [5.41, 5.74) is 5.54. The Balaban J connectivity index is 2.68. The van der Waals surface area contributed by atoms with Crippen LogP contribution in [0, 0.1) is 0 Å². The van der Waals surface area contributed by atoms with Crippen LogP contribution in [0.4, 0.5) is 5.69 Å². The summed E-state index contributed by atoms with van der Waals surface area (Å²) in [6.45, 7) is 1.97. The number of nitrogens with one attached hydrogen (secondary N) is 4. The van der Waals surface area contributed by atoms with E-state index in [0.717, 1.165) is 0 Å². The number of carboxylic acids is 1. The van der Waals surface area contributed by atoms with E-state index in [1.165, 1.54) is 6.92 Å². The lowest BCUT2D eigenvalue weighted by atomic mass is 10.2. The van der Waals surface area contributed by atoms with E-state index in [1.807, 2.05) is 0 Å². The normalized spacial score (nSPS) is 11.0. The minimum absolute atomic E-state index is 0.00776. The average molecular weight is 451 g/mol. The van der Waals surface area contributed by atoms with Crippen molar-refractivity contribution >= 4 is 35.3 Å². The van der Waals surface area contributed by atoms with Crippen molar-refractivity contribution in [1.29, 1.82) is 0 Å². The summed E-state index contributed by atoms with van der Waals surface area (Å²) < 4.78 is 5.45. The van der Waals surface area contributed by atoms with Crippen molar-refractivity contribution in [2.45, 2.75) is 38.8 Å². The second-order valence-electron chi connectivity index (χ2n) is 6.76. The third kappa shape index (κ3) is 12.0. The van der Waals surface area contributed by atoms with E-state index in [-0.39, 0.29) is 44.9 Å². The molecule has 4 amide bonds. The molecule has 0 spiro atoms. The van der Waals surface area contributed by atoms with Crippen LogP contribution in [0.5, 0.6) is 5.75 Å². The van der Waals surface area contributed by atoms with Gasteiger partial charge in [-0.1, -0.05) is 0 Å². The lowest BCUT2D eigenvalue weighted by Crippen LogP contribution is -2.52. The summed E-state index contributed by atoms with van der Waals surface area (Å²) in [6.07, 6.45) is -1.09. The Morgan fingerprint density at radius 2 is 1.66 bits per heavy atom. The van der Waals surface area contributed by atoms with Gasteiger partial charge in [0.25, 0.3) is 5.91 Å². The molecule has 32 heavy (non-hydrogen) atoms. The zero-order chi connectivity index (χ0) is 23.9. The molecule has 1 atom stereocenters. The van der Waals surface area contributed by atoms with Crippen molar-refractivity contribution in [1.82, 2.24) is 16.0 Å². The van der Waals surface area contributed by atoms with Crippen molar-refractivity contribution in [2.24, 2.45) is 5.73 Å². The smallest absolute Gasteiger partial charge is 0.303 e. The first-order valence-electron chi connectivity index (χ1n) is 9.98. The summed E-state index contributed by atoms with van der Waals surface area (Å²) in [5.74, 6) is -2.34. The van der Waals surface area contributed by atoms with Gasteiger partial charge in [-0.15, -0.1) is 0 Å². The van der Waals surface area contributed by atoms with Crippen molar-refractivity contribution in [3.63, 3.8) is 0 Å². The molecule has 1 aromatic rings. The van der Waals surface area contributed by atoms with E-state index in [1.54, 1.807) is 24.3 Å². The van der Waals surface area contributed by atoms with E-state index in [4.69, 9.17) is 15.6 Å². The molecule has 0 aliphatic carbocycles. The van der Waals surface area contributed by atoms with E-state index >= 15 is 0 Å². The van der Waals surface area contributed by atoms with Crippen molar-refractivity contribution < 1.29 is 33.8 Å². The van der Waals surface area contributed by atoms with Crippen molar-refractivity contribution in [2.75, 3.05) is 25.0 Å². The Labute approximate surface area is 185 Å². The third-order valence-electron chi connectivity index (χ3n) is 3.93. The van der Waals surface area contributed by atoms with Gasteiger partial charge in [0, 0.05) is 45.0 Å². The molecule has 0 bridgehead atoms. The van der Waals surface area contributed by atoms with Gasteiger partial charge >= 0.3 is 5.97 Å². The molecular weight excluding hydrogens is 422 g/mol. The van der Waals surface area contributed by atoms with Crippen LogP contribution in [0.25, 0.3) is 0 Å². The largest absolute Gasteiger partial charge is 0.494 e. The van der Waals surface area contributed by atoms with Crippen LogP contribution >= 0.6 is 0 Å². The summed E-state index contributed by atoms with van der Waals surface area (Å²) >= 11 is 0. The number of nitrogens with two attached hydrogens (primary N) is 1. The van der Waals surface area contributed by atoms with Crippen LogP contribution in [0.1, 0.15) is 32.6 Å². The number of ether oxygens (including phenoxy) is 1. The lowest BCUT2D eigenvalue weighted by molar-refractivity contribution is -0.137. The molecule has 7 N–H and O–H groups in total. The molecule has 1 aromatic carbocycles. The van der Waals surface area contributed by atoms with E-state index < -0.39 is 29.9 Å². The highest BCUT2D eigenvalue weighted by Crippen LogP contribution is 2.16. The molecule has 0 saturated carbocycles. The van der Waals surface area contributed by atoms with Crippen molar-refractivity contribution in [3.8, 4) is 5.75 Å². The molecule has 176 valence electrons. The number of hydrogen-bond acceptors (Lipinski definition) is 7. The summed E-state index contributed by atoms with van der Waals surface area (Å²) in [4.78, 5) is 56.9. The maximum Gasteiger partial charge on any atom is 0.303 e. The molecule has 12 nitrogen and oxygen atoms in total. The number of primary amides is 1. The number of aliphatic carboxylic acids is 1. The summed E-state index contributed by atoms with van der Waals surface area (Å²) in [5, 5.41) is 19.1. The van der Waals surface area contributed by atoms with Gasteiger partial charge in [0.2, 0.25) is 17.7 Å². The van der Waals surface area contributed by atoms with E-state index in [9.17, 15) is 24.0 Å². The monoisotopic (exact) mass is 451 g/mol. The number of benzene rings is 1. The minimum atomic E-state index is -1.14. The molecule has 0 aliphatic heterocycles. The zero-order valence-corrected chi connectivity index (χ0v) is 17.8. The average Bonchev–Trinajstić information content (AvgIpc) is 2.73. The highest BCUT2D eigenvalue weighted by molar-refractivity contribution is 5.90. The molecule has 0 saturated heterocycles. The predicted molar refractivity (Wildman–Crippen MR) is 114 cm³/mol. The van der Waals surface area contributed by atoms with Crippen LogP contribution in [-0.2, 0) is 24.0 Å². The minimum Gasteiger partial charge on any atom is -0.494 e. The standard InChI is InChI=1S/C20H29N5O7/c1-13(26)22-10-11-23-20(31)19(25-17(28)9-8-16(21)27)24-14-4-6-15(7-5-14)32-12-2-3-18(29)30/h4-7,19,24H,2-3,8-12H2,1H3,(H2,21,27)(H,22,26)(H,23,31)(H,25,28)(H,29,30). The van der Waals surface area contributed by atoms with Gasteiger partial charge in [-0.25, -0.2) is 0 Å². The highest BCUT2D eigenvalue weighted by Gasteiger charge is 2.20. The quantitative estimate of drug-likeness (QED) is 0.149. The molecule has 12 heteroatoms. The third-order valence-corrected chi connectivity index (χ3v) is 3.93. The molecule has 0 aliphatic rings. The molecule has 0 fully saturated rings. The molecular formula is C20H29N5O7. The number of hydrogen-bond donors (Lipinski definition) is 6. The molecule has 1 unspecified atom stereocenters. The first kappa shape index (κ1) is 26.2. The Morgan fingerprint density at radius 1 is 1.00 bits per heavy atom. The SMILES string of the molecule is CC(=O)NCCNC(=O)C(NC(=O)CCC(N)=O)Nc1ccc(OCCCC(=O)O)cc1. The maximum absolute atomic E-state index is 12.5. The number of carbonyl (C=O) groups is 5. The molecule has 0 radical (unpaired) electrons. The number of carboxylic acid groups (broad SMARTS) is 1. The van der Waals surface area contributed by atoms with Crippen LogP contribution in [0.15, 0.2) is 24.3 Å².